The van der Waals surface area contributed by atoms with E-state index in [1.807, 2.05) is 0 Å². The van der Waals surface area contributed by atoms with E-state index in [2.05, 4.69) is 5.10 Å². The highest BCUT2D eigenvalue weighted by atomic mass is 16.7. The van der Waals surface area contributed by atoms with Crippen LogP contribution in [0.2, 0.25) is 0 Å². The van der Waals surface area contributed by atoms with Gasteiger partial charge in [-0.25, -0.2) is 0 Å². The average molecular weight is 231 g/mol. The van der Waals surface area contributed by atoms with Gasteiger partial charge in [0, 0.05) is 0 Å². The van der Waals surface area contributed by atoms with Crippen molar-refractivity contribution in [2.45, 2.75) is 13.5 Å². The third-order valence-electron chi connectivity index (χ3n) is 1.71. The van der Waals surface area contributed by atoms with Crippen molar-refractivity contribution in [3.63, 3.8) is 0 Å². The van der Waals surface area contributed by atoms with Gasteiger partial charge in [-0.05, 0) is 21.5 Å². The van der Waals surface area contributed by atoms with E-state index in [0.717, 1.165) is 0 Å². The van der Waals surface area contributed by atoms with Crippen LogP contribution in [0.15, 0.2) is 0 Å². The molecule has 1 rings (SSSR count). The molecular weight excluding hydrogens is 226 g/mol. The molecule has 0 fully saturated rings. The van der Waals surface area contributed by atoms with Gasteiger partial charge in [-0.3, -0.25) is 10.1 Å². The predicted molar refractivity (Wildman–Crippen MR) is 47.9 cm³/mol. The maximum atomic E-state index is 10.6. The first kappa shape index (κ1) is 11.5. The molecule has 1 aromatic heterocycles. The number of aromatic nitrogens is 2. The van der Waals surface area contributed by atoms with Crippen molar-refractivity contribution in [3.8, 4) is 0 Å². The fourth-order valence-electron chi connectivity index (χ4n) is 1.12. The summed E-state index contributed by atoms with van der Waals surface area (Å²) < 4.78 is 0.607. The van der Waals surface area contributed by atoms with Crippen LogP contribution in [0.5, 0.6) is 0 Å². The molecule has 0 amide bonds. The molecule has 0 saturated heterocycles. The molecule has 0 unspecified atom stereocenters. The molecule has 16 heavy (non-hydrogen) atoms. The zero-order valence-electron chi connectivity index (χ0n) is 7.89. The lowest BCUT2D eigenvalue weighted by Crippen LogP contribution is -2.03. The van der Waals surface area contributed by atoms with Crippen molar-refractivity contribution in [2.75, 3.05) is 0 Å². The molecule has 1 aromatic rings. The van der Waals surface area contributed by atoms with Crippen molar-refractivity contribution in [3.05, 3.63) is 30.3 Å². The van der Waals surface area contributed by atoms with Crippen molar-refractivity contribution >= 4 is 17.3 Å². The summed E-state index contributed by atoms with van der Waals surface area (Å²) in [6.45, 7) is 1.35. The lowest BCUT2D eigenvalue weighted by Gasteiger charge is -1.91. The lowest BCUT2D eigenvalue weighted by molar-refractivity contribution is -0.441. The highest BCUT2D eigenvalue weighted by Crippen LogP contribution is 2.35. The van der Waals surface area contributed by atoms with Crippen LogP contribution in [0.25, 0.3) is 0 Å². The molecule has 0 bridgehead atoms. The van der Waals surface area contributed by atoms with Gasteiger partial charge in [-0.1, -0.05) is 0 Å². The number of hydrogen-bond donors (Lipinski definition) is 0. The highest BCUT2D eigenvalue weighted by Gasteiger charge is 2.45. The van der Waals surface area contributed by atoms with E-state index in [4.69, 9.17) is 0 Å². The van der Waals surface area contributed by atoms with Gasteiger partial charge in [-0.2, -0.15) is 0 Å². The van der Waals surface area contributed by atoms with E-state index in [-0.39, 0.29) is 6.54 Å². The number of hydrogen-bond acceptors (Lipinski definition) is 7. The predicted octanol–water partition coefficient (Wildman–Crippen LogP) is 0.628. The molecule has 0 saturated carbocycles. The highest BCUT2D eigenvalue weighted by molar-refractivity contribution is 5.59. The van der Waals surface area contributed by atoms with Gasteiger partial charge >= 0.3 is 17.3 Å². The van der Waals surface area contributed by atoms with Gasteiger partial charge in [-0.15, -0.1) is 0 Å². The third-order valence-corrected chi connectivity index (χ3v) is 1.71. The normalized spacial score (nSPS) is 10.1. The van der Waals surface area contributed by atoms with Crippen LogP contribution in [-0.4, -0.2) is 24.6 Å². The standard InChI is InChI=1S/C5H5N5O6/c1-2-7-5(10(15)16)3(8(11)12)4(6-7)9(13)14/h2H2,1H3. The maximum absolute atomic E-state index is 10.6. The van der Waals surface area contributed by atoms with Crippen LogP contribution >= 0.6 is 0 Å². The second kappa shape index (κ2) is 3.88. The fourth-order valence-corrected chi connectivity index (χ4v) is 1.12. The molecule has 0 aliphatic heterocycles. The SMILES string of the molecule is CCn1nc([N+](=O)[O-])c([N+](=O)[O-])c1[N+](=O)[O-]. The largest absolute Gasteiger partial charge is 0.498 e. The molecular formula is C5H5N5O6. The maximum Gasteiger partial charge on any atom is 0.498 e. The monoisotopic (exact) mass is 231 g/mol. The molecule has 11 nitrogen and oxygen atoms in total. The fraction of sp³-hybridized carbons (Fsp3) is 0.400. The van der Waals surface area contributed by atoms with Crippen molar-refractivity contribution in [1.82, 2.24) is 9.78 Å². The molecule has 0 aliphatic carbocycles. The minimum Gasteiger partial charge on any atom is -0.358 e. The van der Waals surface area contributed by atoms with Gasteiger partial charge in [0.1, 0.15) is 6.54 Å². The van der Waals surface area contributed by atoms with Crippen LogP contribution in [0.1, 0.15) is 6.92 Å². The zero-order chi connectivity index (χ0) is 12.5. The molecule has 0 radical (unpaired) electrons. The minimum absolute atomic E-state index is 0.0784. The third kappa shape index (κ3) is 1.65. The van der Waals surface area contributed by atoms with Gasteiger partial charge < -0.3 is 20.2 Å². The van der Waals surface area contributed by atoms with Crippen molar-refractivity contribution < 1.29 is 14.8 Å². The Morgan fingerprint density at radius 2 is 1.69 bits per heavy atom. The Kier molecular flexibility index (Phi) is 2.78. The van der Waals surface area contributed by atoms with Gasteiger partial charge in [0.25, 0.3) is 0 Å². The summed E-state index contributed by atoms with van der Waals surface area (Å²) in [5.74, 6) is -2.11. The molecule has 1 heterocycles. The van der Waals surface area contributed by atoms with E-state index in [9.17, 15) is 30.3 Å². The average Bonchev–Trinajstić information content (AvgIpc) is 2.56. The summed E-state index contributed by atoms with van der Waals surface area (Å²) in [5.41, 5.74) is -1.20. The number of nitro groups is 3. The molecule has 86 valence electrons. The topological polar surface area (TPSA) is 147 Å². The molecule has 0 aliphatic rings. The number of aryl methyl sites for hydroxylation is 1. The Morgan fingerprint density at radius 1 is 1.12 bits per heavy atom. The van der Waals surface area contributed by atoms with Gasteiger partial charge in [0.2, 0.25) is 0 Å². The Morgan fingerprint density at radius 3 is 2.00 bits per heavy atom. The van der Waals surface area contributed by atoms with Gasteiger partial charge in [0.15, 0.2) is 5.10 Å². The van der Waals surface area contributed by atoms with E-state index in [0.29, 0.717) is 4.68 Å². The first-order valence-electron chi connectivity index (χ1n) is 3.94. The Bertz CT molecular complexity index is 478. The first-order valence-corrected chi connectivity index (χ1v) is 3.94. The van der Waals surface area contributed by atoms with Gasteiger partial charge in [0.05, 0.1) is 4.92 Å². The number of rotatable bonds is 4. The summed E-state index contributed by atoms with van der Waals surface area (Å²) >= 11 is 0. The summed E-state index contributed by atoms with van der Waals surface area (Å²) in [6, 6.07) is 0. The quantitative estimate of drug-likeness (QED) is 0.544. The summed E-state index contributed by atoms with van der Waals surface area (Å²) in [5, 5.41) is 34.7. The van der Waals surface area contributed by atoms with Crippen LogP contribution < -0.4 is 0 Å². The second-order valence-corrected chi connectivity index (χ2v) is 2.58. The summed E-state index contributed by atoms with van der Waals surface area (Å²) in [6.07, 6.45) is 0. The Hall–Kier alpha value is -2.59. The molecule has 0 N–H and O–H groups in total. The number of nitrogens with zero attached hydrogens (tertiary/aromatic N) is 5. The summed E-state index contributed by atoms with van der Waals surface area (Å²) in [7, 11) is 0. The van der Waals surface area contributed by atoms with Crippen LogP contribution in [0, 0.1) is 30.3 Å². The van der Waals surface area contributed by atoms with E-state index in [1.165, 1.54) is 6.92 Å². The second-order valence-electron chi connectivity index (χ2n) is 2.58. The lowest BCUT2D eigenvalue weighted by atomic mass is 10.5. The first-order chi connectivity index (χ1) is 7.40. The minimum atomic E-state index is -1.20. The molecule has 0 spiro atoms. The van der Waals surface area contributed by atoms with Crippen molar-refractivity contribution in [2.24, 2.45) is 0 Å². The molecule has 11 heteroatoms. The smallest absolute Gasteiger partial charge is 0.358 e. The zero-order valence-corrected chi connectivity index (χ0v) is 7.89. The van der Waals surface area contributed by atoms with E-state index in [1.54, 1.807) is 0 Å². The van der Waals surface area contributed by atoms with Crippen LogP contribution in [-0.2, 0) is 6.54 Å². The summed E-state index contributed by atoms with van der Waals surface area (Å²) in [4.78, 5) is 28.1. The van der Waals surface area contributed by atoms with Crippen molar-refractivity contribution in [1.29, 1.82) is 0 Å². The molecule has 0 aromatic carbocycles. The van der Waals surface area contributed by atoms with Crippen LogP contribution in [0.3, 0.4) is 0 Å². The van der Waals surface area contributed by atoms with E-state index >= 15 is 0 Å². The van der Waals surface area contributed by atoms with Crippen LogP contribution in [0.4, 0.5) is 17.3 Å². The Labute approximate surface area is 86.7 Å². The Balaban J connectivity index is 3.61. The van der Waals surface area contributed by atoms with E-state index < -0.39 is 32.1 Å². The molecule has 0 atom stereocenters.